The van der Waals surface area contributed by atoms with Crippen LogP contribution in [0.15, 0.2) is 0 Å². The van der Waals surface area contributed by atoms with Crippen LogP contribution in [0.1, 0.15) is 20.8 Å². The zero-order chi connectivity index (χ0) is 9.56. The van der Waals surface area contributed by atoms with Gasteiger partial charge in [0, 0.05) is 0 Å². The van der Waals surface area contributed by atoms with Gasteiger partial charge in [-0.05, 0) is 13.8 Å². The van der Waals surface area contributed by atoms with Crippen molar-refractivity contribution in [3.63, 3.8) is 0 Å². The molecular weight excluding hydrogens is 167 g/mol. The molecule has 0 amide bonds. The molecule has 4 nitrogen and oxygen atoms in total. The summed E-state index contributed by atoms with van der Waals surface area (Å²) < 4.78 is 9.19. The van der Waals surface area contributed by atoms with Crippen molar-refractivity contribution in [2.24, 2.45) is 0 Å². The summed E-state index contributed by atoms with van der Waals surface area (Å²) in [5.41, 5.74) is 0. The Balaban J connectivity index is 0. The van der Waals surface area contributed by atoms with E-state index in [4.69, 9.17) is 0 Å². The first kappa shape index (κ1) is 14.9. The predicted molar refractivity (Wildman–Crippen MR) is 42.2 cm³/mol. The van der Waals surface area contributed by atoms with Gasteiger partial charge in [-0.15, -0.1) is 0 Å². The molecule has 0 fully saturated rings. The molecule has 0 N–H and O–H groups in total. The van der Waals surface area contributed by atoms with Crippen molar-refractivity contribution in [2.75, 3.05) is 13.2 Å². The molecule has 0 aliphatic heterocycles. The third-order valence-electron chi connectivity index (χ3n) is 1.16. The molecule has 0 spiro atoms. The molecule has 0 saturated heterocycles. The number of carbonyl (C=O) groups excluding carboxylic acids is 2. The first-order valence-electron chi connectivity index (χ1n) is 3.81. The van der Waals surface area contributed by atoms with Crippen LogP contribution < -0.4 is 18.9 Å². The van der Waals surface area contributed by atoms with Crippen molar-refractivity contribution < 1.29 is 37.9 Å². The predicted octanol–water partition coefficient (Wildman–Crippen LogP) is -2.29. The Morgan fingerprint density at radius 2 is 1.38 bits per heavy atom. The summed E-state index contributed by atoms with van der Waals surface area (Å²) in [4.78, 5) is 21.8. The van der Waals surface area contributed by atoms with Crippen LogP contribution in [0.25, 0.3) is 0 Å². The minimum atomic E-state index is -0.615. The number of esters is 2. The zero-order valence-electron chi connectivity index (χ0n) is 8.55. The monoisotopic (exact) mass is 180 g/mol. The SMILES string of the molecule is CCOC(=O)[C-](C)C(=O)OCC.[Li+]. The summed E-state index contributed by atoms with van der Waals surface area (Å²) in [5, 5.41) is 0. The molecule has 0 atom stereocenters. The van der Waals surface area contributed by atoms with E-state index in [0.717, 1.165) is 0 Å². The van der Waals surface area contributed by atoms with Crippen LogP contribution in [0, 0.1) is 5.92 Å². The number of hydrogen-bond donors (Lipinski definition) is 0. The second-order valence-electron chi connectivity index (χ2n) is 2.07. The van der Waals surface area contributed by atoms with Crippen molar-refractivity contribution in [3.05, 3.63) is 5.92 Å². The van der Waals surface area contributed by atoms with Crippen LogP contribution in [0.5, 0.6) is 0 Å². The molecule has 5 heteroatoms. The molecule has 0 aliphatic carbocycles. The third-order valence-corrected chi connectivity index (χ3v) is 1.16. The molecular formula is C8H13LiO4. The standard InChI is InChI=1S/C8H13O4.Li/c1-4-11-7(9)6(3)8(10)12-5-2;/h4-5H2,1-3H3;/q-1;+1. The Bertz CT molecular complexity index is 152. The molecule has 0 unspecified atom stereocenters. The van der Waals surface area contributed by atoms with Crippen LogP contribution in [0.4, 0.5) is 0 Å². The fraction of sp³-hybridized carbons (Fsp3) is 0.625. The van der Waals surface area contributed by atoms with Gasteiger partial charge in [-0.25, -0.2) is 0 Å². The summed E-state index contributed by atoms with van der Waals surface area (Å²) in [6, 6.07) is 0. The Labute approximate surface area is 90.1 Å². The van der Waals surface area contributed by atoms with Crippen molar-refractivity contribution in [2.45, 2.75) is 20.8 Å². The van der Waals surface area contributed by atoms with E-state index in [2.05, 4.69) is 9.47 Å². The Morgan fingerprint density at radius 1 is 1.08 bits per heavy atom. The van der Waals surface area contributed by atoms with Gasteiger partial charge in [-0.1, -0.05) is 0 Å². The maximum atomic E-state index is 10.9. The van der Waals surface area contributed by atoms with E-state index in [0.29, 0.717) is 0 Å². The van der Waals surface area contributed by atoms with E-state index >= 15 is 0 Å². The second kappa shape index (κ2) is 8.03. The first-order valence-corrected chi connectivity index (χ1v) is 3.81. The van der Waals surface area contributed by atoms with Gasteiger partial charge in [-0.3, -0.25) is 9.59 Å². The van der Waals surface area contributed by atoms with Gasteiger partial charge in [-0.2, -0.15) is 12.8 Å². The molecule has 0 aromatic heterocycles. The average Bonchev–Trinajstić information content (AvgIpc) is 2.04. The van der Waals surface area contributed by atoms with Crippen LogP contribution in [0.3, 0.4) is 0 Å². The van der Waals surface area contributed by atoms with E-state index in [-0.39, 0.29) is 38.0 Å². The molecule has 0 aromatic carbocycles. The Morgan fingerprint density at radius 3 is 1.62 bits per heavy atom. The van der Waals surface area contributed by atoms with Gasteiger partial charge in [0.15, 0.2) is 11.9 Å². The maximum absolute atomic E-state index is 10.9. The molecule has 0 aliphatic rings. The van der Waals surface area contributed by atoms with Crippen molar-refractivity contribution in [1.82, 2.24) is 0 Å². The van der Waals surface area contributed by atoms with Gasteiger partial charge in [0.1, 0.15) is 0 Å². The largest absolute Gasteiger partial charge is 1.00 e. The van der Waals surface area contributed by atoms with Gasteiger partial charge in [0.25, 0.3) is 0 Å². The average molecular weight is 180 g/mol. The van der Waals surface area contributed by atoms with Crippen LogP contribution in [0.2, 0.25) is 0 Å². The van der Waals surface area contributed by atoms with Crippen LogP contribution >= 0.6 is 0 Å². The summed E-state index contributed by atoms with van der Waals surface area (Å²) in [5.74, 6) is -1.24. The quantitative estimate of drug-likeness (QED) is 0.211. The van der Waals surface area contributed by atoms with Gasteiger partial charge in [0.2, 0.25) is 0 Å². The number of ether oxygens (including phenoxy) is 2. The van der Waals surface area contributed by atoms with Gasteiger partial charge < -0.3 is 9.47 Å². The Kier molecular flexibility index (Phi) is 9.20. The van der Waals surface area contributed by atoms with Gasteiger partial charge >= 0.3 is 18.9 Å². The fourth-order valence-electron chi connectivity index (χ4n) is 0.562. The molecule has 13 heavy (non-hydrogen) atoms. The molecule has 0 radical (unpaired) electrons. The smallest absolute Gasteiger partial charge is 0.488 e. The summed E-state index contributed by atoms with van der Waals surface area (Å²) in [6.07, 6.45) is 0. The number of rotatable bonds is 4. The minimum Gasteiger partial charge on any atom is -0.488 e. The zero-order valence-corrected chi connectivity index (χ0v) is 8.55. The van der Waals surface area contributed by atoms with Gasteiger partial charge in [0.05, 0.1) is 13.2 Å². The fourth-order valence-corrected chi connectivity index (χ4v) is 0.562. The van der Waals surface area contributed by atoms with E-state index in [1.807, 2.05) is 0 Å². The number of hydrogen-bond acceptors (Lipinski definition) is 4. The number of carbonyl (C=O) groups is 2. The molecule has 0 heterocycles. The first-order chi connectivity index (χ1) is 5.63. The normalized spacial score (nSPS) is 8.23. The molecule has 0 aromatic rings. The molecule has 0 rings (SSSR count). The molecule has 0 bridgehead atoms. The molecule has 70 valence electrons. The van der Waals surface area contributed by atoms with E-state index in [1.165, 1.54) is 6.92 Å². The summed E-state index contributed by atoms with van der Waals surface area (Å²) in [7, 11) is 0. The van der Waals surface area contributed by atoms with E-state index in [1.54, 1.807) is 13.8 Å². The topological polar surface area (TPSA) is 52.6 Å². The summed E-state index contributed by atoms with van der Waals surface area (Å²) >= 11 is 0. The minimum absolute atomic E-state index is 0. The second-order valence-corrected chi connectivity index (χ2v) is 2.07. The Hall–Kier alpha value is -0.593. The van der Waals surface area contributed by atoms with Crippen LogP contribution in [-0.2, 0) is 19.1 Å². The maximum Gasteiger partial charge on any atom is 1.00 e. The molecule has 0 saturated carbocycles. The van der Waals surface area contributed by atoms with Crippen molar-refractivity contribution >= 4 is 11.9 Å². The van der Waals surface area contributed by atoms with Crippen LogP contribution in [-0.4, -0.2) is 25.2 Å². The van der Waals surface area contributed by atoms with E-state index in [9.17, 15) is 9.59 Å². The summed E-state index contributed by atoms with van der Waals surface area (Å²) in [6.45, 7) is 5.26. The van der Waals surface area contributed by atoms with E-state index < -0.39 is 11.9 Å². The van der Waals surface area contributed by atoms with Crippen molar-refractivity contribution in [3.8, 4) is 0 Å². The van der Waals surface area contributed by atoms with Crippen molar-refractivity contribution in [1.29, 1.82) is 0 Å². The third kappa shape index (κ3) is 5.62.